The molecule has 0 saturated heterocycles. The second kappa shape index (κ2) is 9.37. The van der Waals surface area contributed by atoms with Gasteiger partial charge in [-0.1, -0.05) is 0 Å². The quantitative estimate of drug-likeness (QED) is 0.557. The van der Waals surface area contributed by atoms with Crippen LogP contribution in [0.25, 0.3) is 0 Å². The highest BCUT2D eigenvalue weighted by atomic mass is 35.5. The van der Waals surface area contributed by atoms with Gasteiger partial charge in [0.15, 0.2) is 0 Å². The van der Waals surface area contributed by atoms with Crippen molar-refractivity contribution in [3.8, 4) is 0 Å². The number of methoxy groups -OCH3 is 2. The maximum Gasteiger partial charge on any atom is 0.246 e. The van der Waals surface area contributed by atoms with Crippen molar-refractivity contribution < 1.29 is 17.9 Å². The summed E-state index contributed by atoms with van der Waals surface area (Å²) in [5.41, 5.74) is 0. The summed E-state index contributed by atoms with van der Waals surface area (Å²) >= 11 is 5.62. The number of aromatic nitrogens is 2. The monoisotopic (exact) mass is 339 g/mol. The average Bonchev–Trinajstić information content (AvgIpc) is 2.94. The van der Waals surface area contributed by atoms with Gasteiger partial charge in [0, 0.05) is 45.9 Å². The molecule has 1 rings (SSSR count). The van der Waals surface area contributed by atoms with Gasteiger partial charge in [-0.3, -0.25) is 4.68 Å². The predicted octanol–water partition coefficient (Wildman–Crippen LogP) is 0.795. The van der Waals surface area contributed by atoms with E-state index >= 15 is 0 Å². The van der Waals surface area contributed by atoms with E-state index in [-0.39, 0.29) is 18.0 Å². The van der Waals surface area contributed by atoms with E-state index in [2.05, 4.69) is 5.10 Å². The fourth-order valence-electron chi connectivity index (χ4n) is 1.71. The Morgan fingerprint density at radius 3 is 2.43 bits per heavy atom. The molecule has 1 aromatic rings. The van der Waals surface area contributed by atoms with E-state index in [1.165, 1.54) is 30.9 Å². The molecule has 0 aliphatic heterocycles. The molecule has 0 unspecified atom stereocenters. The minimum absolute atomic E-state index is 0.171. The van der Waals surface area contributed by atoms with E-state index in [9.17, 15) is 8.42 Å². The van der Waals surface area contributed by atoms with Crippen molar-refractivity contribution in [1.29, 1.82) is 0 Å². The minimum Gasteiger partial charge on any atom is -0.383 e. The van der Waals surface area contributed by atoms with Crippen LogP contribution < -0.4 is 0 Å². The fraction of sp³-hybridized carbons (Fsp3) is 0.750. The Kier molecular flexibility index (Phi) is 8.20. The lowest BCUT2D eigenvalue weighted by Gasteiger charge is -2.20. The van der Waals surface area contributed by atoms with Gasteiger partial charge >= 0.3 is 0 Å². The number of aryl methyl sites for hydroxylation is 1. The molecule has 7 nitrogen and oxygen atoms in total. The van der Waals surface area contributed by atoms with E-state index in [0.717, 1.165) is 6.42 Å². The first-order valence-corrected chi connectivity index (χ1v) is 8.60. The first-order chi connectivity index (χ1) is 10.1. The van der Waals surface area contributed by atoms with Crippen LogP contribution >= 0.6 is 11.6 Å². The zero-order chi connectivity index (χ0) is 15.7. The zero-order valence-electron chi connectivity index (χ0n) is 12.4. The molecule has 0 saturated carbocycles. The number of rotatable bonds is 11. The molecule has 1 aromatic heterocycles. The van der Waals surface area contributed by atoms with Crippen molar-refractivity contribution in [2.24, 2.45) is 0 Å². The molecular weight excluding hydrogens is 318 g/mol. The molecule has 1 heterocycles. The van der Waals surface area contributed by atoms with E-state index in [1.54, 1.807) is 4.68 Å². The SMILES string of the molecule is COCCN(CCOC)S(=O)(=O)c1cnn(CCCCl)c1. The van der Waals surface area contributed by atoms with Gasteiger partial charge in [-0.2, -0.15) is 9.40 Å². The number of hydrogen-bond acceptors (Lipinski definition) is 5. The molecular formula is C12H22ClN3O4S. The van der Waals surface area contributed by atoms with E-state index in [0.29, 0.717) is 25.6 Å². The van der Waals surface area contributed by atoms with Crippen molar-refractivity contribution >= 4 is 21.6 Å². The molecule has 21 heavy (non-hydrogen) atoms. The Labute approximate surface area is 130 Å². The van der Waals surface area contributed by atoms with Gasteiger partial charge in [-0.25, -0.2) is 8.42 Å². The van der Waals surface area contributed by atoms with Crippen LogP contribution in [0.15, 0.2) is 17.3 Å². The third-order valence-corrected chi connectivity index (χ3v) is 4.98. The molecule has 122 valence electrons. The Balaban J connectivity index is 2.85. The summed E-state index contributed by atoms with van der Waals surface area (Å²) < 4.78 is 38.0. The summed E-state index contributed by atoms with van der Waals surface area (Å²) in [6.45, 7) is 1.78. The van der Waals surface area contributed by atoms with E-state index in [1.807, 2.05) is 0 Å². The maximum atomic E-state index is 12.6. The van der Waals surface area contributed by atoms with Crippen molar-refractivity contribution in [3.63, 3.8) is 0 Å². The first kappa shape index (κ1) is 18.4. The number of nitrogens with zero attached hydrogens (tertiary/aromatic N) is 3. The average molecular weight is 340 g/mol. The Hall–Kier alpha value is -0.670. The smallest absolute Gasteiger partial charge is 0.246 e. The summed E-state index contributed by atoms with van der Waals surface area (Å²) in [5.74, 6) is 0.510. The molecule has 0 N–H and O–H groups in total. The van der Waals surface area contributed by atoms with Gasteiger partial charge in [0.25, 0.3) is 0 Å². The lowest BCUT2D eigenvalue weighted by molar-refractivity contribution is 0.150. The molecule has 0 amide bonds. The zero-order valence-corrected chi connectivity index (χ0v) is 13.9. The van der Waals surface area contributed by atoms with Crippen LogP contribution in [0.2, 0.25) is 0 Å². The van der Waals surface area contributed by atoms with E-state index < -0.39 is 10.0 Å². The number of alkyl halides is 1. The number of ether oxygens (including phenoxy) is 2. The van der Waals surface area contributed by atoms with Crippen molar-refractivity contribution in [2.75, 3.05) is 46.4 Å². The minimum atomic E-state index is -3.59. The molecule has 0 fully saturated rings. The lowest BCUT2D eigenvalue weighted by Crippen LogP contribution is -2.36. The largest absolute Gasteiger partial charge is 0.383 e. The van der Waals surface area contributed by atoms with Gasteiger partial charge in [0.05, 0.1) is 19.4 Å². The highest BCUT2D eigenvalue weighted by Crippen LogP contribution is 2.14. The van der Waals surface area contributed by atoms with Gasteiger partial charge in [0.2, 0.25) is 10.0 Å². The number of hydrogen-bond donors (Lipinski definition) is 0. The maximum absolute atomic E-state index is 12.6. The Morgan fingerprint density at radius 1 is 1.29 bits per heavy atom. The van der Waals surface area contributed by atoms with Crippen LogP contribution in [0.3, 0.4) is 0 Å². The Bertz CT molecular complexity index is 498. The third kappa shape index (κ3) is 5.55. The third-order valence-electron chi connectivity index (χ3n) is 2.86. The molecule has 9 heteroatoms. The molecule has 0 aliphatic carbocycles. The van der Waals surface area contributed by atoms with Crippen LogP contribution in [0.1, 0.15) is 6.42 Å². The van der Waals surface area contributed by atoms with Crippen LogP contribution in [-0.2, 0) is 26.0 Å². The van der Waals surface area contributed by atoms with Gasteiger partial charge in [-0.15, -0.1) is 11.6 Å². The van der Waals surface area contributed by atoms with Crippen molar-refractivity contribution in [3.05, 3.63) is 12.4 Å². The van der Waals surface area contributed by atoms with Crippen molar-refractivity contribution in [2.45, 2.75) is 17.9 Å². The summed E-state index contributed by atoms with van der Waals surface area (Å²) in [4.78, 5) is 0.171. The van der Waals surface area contributed by atoms with Crippen LogP contribution in [-0.4, -0.2) is 68.9 Å². The first-order valence-electron chi connectivity index (χ1n) is 6.62. The molecule has 0 atom stereocenters. The topological polar surface area (TPSA) is 73.7 Å². The lowest BCUT2D eigenvalue weighted by atomic mass is 10.5. The Morgan fingerprint density at radius 2 is 1.90 bits per heavy atom. The molecule has 0 bridgehead atoms. The standard InChI is InChI=1S/C12H22ClN3O4S/c1-19-8-6-16(7-9-20-2)21(17,18)12-10-14-15(11-12)5-3-4-13/h10-11H,3-9H2,1-2H3. The van der Waals surface area contributed by atoms with Gasteiger partial charge < -0.3 is 9.47 Å². The summed E-state index contributed by atoms with van der Waals surface area (Å²) in [7, 11) is -0.527. The summed E-state index contributed by atoms with van der Waals surface area (Å²) in [6, 6.07) is 0. The highest BCUT2D eigenvalue weighted by molar-refractivity contribution is 7.89. The van der Waals surface area contributed by atoms with E-state index in [4.69, 9.17) is 21.1 Å². The summed E-state index contributed by atoms with van der Waals surface area (Å²) in [5, 5.41) is 4.05. The second-order valence-corrected chi connectivity index (χ2v) is 6.69. The van der Waals surface area contributed by atoms with Crippen molar-refractivity contribution in [1.82, 2.24) is 14.1 Å². The summed E-state index contributed by atoms with van der Waals surface area (Å²) in [6.07, 6.45) is 3.62. The molecule has 0 aromatic carbocycles. The number of halogens is 1. The normalized spacial score (nSPS) is 12.2. The van der Waals surface area contributed by atoms with Crippen LogP contribution in [0.4, 0.5) is 0 Å². The van der Waals surface area contributed by atoms with Crippen LogP contribution in [0, 0.1) is 0 Å². The van der Waals surface area contributed by atoms with Gasteiger partial charge in [0.1, 0.15) is 4.90 Å². The molecule has 0 spiro atoms. The molecule has 0 radical (unpaired) electrons. The fourth-order valence-corrected chi connectivity index (χ4v) is 3.19. The van der Waals surface area contributed by atoms with Crippen LogP contribution in [0.5, 0.6) is 0 Å². The second-order valence-electron chi connectivity index (χ2n) is 4.37. The van der Waals surface area contributed by atoms with Gasteiger partial charge in [-0.05, 0) is 6.42 Å². The predicted molar refractivity (Wildman–Crippen MR) is 80.1 cm³/mol. The number of sulfonamides is 1. The molecule has 0 aliphatic rings. The highest BCUT2D eigenvalue weighted by Gasteiger charge is 2.25.